The predicted octanol–water partition coefficient (Wildman–Crippen LogP) is 18.8. The minimum absolute atomic E-state index is 0.169. The predicted molar refractivity (Wildman–Crippen MR) is 293 cm³/mol. The Bertz CT molecular complexity index is 3630. The van der Waals surface area contributed by atoms with Crippen molar-refractivity contribution in [1.82, 2.24) is 0 Å². The summed E-state index contributed by atoms with van der Waals surface area (Å²) in [6.45, 7) is 4.73. The van der Waals surface area contributed by atoms with Crippen molar-refractivity contribution in [3.8, 4) is 55.6 Å². The Morgan fingerprint density at radius 2 is 0.783 bits per heavy atom. The Labute approximate surface area is 405 Å². The highest BCUT2D eigenvalue weighted by molar-refractivity contribution is 6.06. The highest BCUT2D eigenvalue weighted by Gasteiger charge is 2.36. The van der Waals surface area contributed by atoms with Gasteiger partial charge in [-0.05, 0) is 133 Å². The monoisotopic (exact) mass is 882 g/mol. The van der Waals surface area contributed by atoms with Crippen LogP contribution in [0.25, 0.3) is 66.4 Å². The highest BCUT2D eigenvalue weighted by Crippen LogP contribution is 2.52. The summed E-state index contributed by atoms with van der Waals surface area (Å²) in [5, 5.41) is 2.45. The number of nitrogens with zero attached hydrogens (tertiary/aromatic N) is 2. The molecule has 0 fully saturated rings. The van der Waals surface area contributed by atoms with Crippen LogP contribution in [0.4, 0.5) is 34.1 Å². The van der Waals surface area contributed by atoms with E-state index >= 15 is 0 Å². The maximum absolute atomic E-state index is 2.45. The van der Waals surface area contributed by atoms with Crippen LogP contribution in [0.2, 0.25) is 0 Å². The lowest BCUT2D eigenvalue weighted by atomic mass is 9.82. The fourth-order valence-electron chi connectivity index (χ4n) is 10.8. The number of hydrogen-bond donors (Lipinski definition) is 0. The van der Waals surface area contributed by atoms with E-state index in [1.54, 1.807) is 0 Å². The third-order valence-electron chi connectivity index (χ3n) is 14.0. The average molecular weight is 883 g/mol. The molecule has 2 nitrogen and oxygen atoms in total. The molecule has 69 heavy (non-hydrogen) atoms. The van der Waals surface area contributed by atoms with E-state index in [9.17, 15) is 0 Å². The molecule has 0 aromatic heterocycles. The van der Waals surface area contributed by atoms with Crippen molar-refractivity contribution in [1.29, 1.82) is 0 Å². The minimum atomic E-state index is -0.169. The summed E-state index contributed by atoms with van der Waals surface area (Å²) in [6.07, 6.45) is 0. The molecule has 2 heteroatoms. The number of fused-ring (bicyclic) bond motifs is 4. The molecule has 12 rings (SSSR count). The summed E-state index contributed by atoms with van der Waals surface area (Å²) >= 11 is 0. The van der Waals surface area contributed by atoms with Gasteiger partial charge in [0.25, 0.3) is 0 Å². The first-order valence-corrected chi connectivity index (χ1v) is 23.9. The van der Waals surface area contributed by atoms with Crippen molar-refractivity contribution in [2.75, 3.05) is 9.80 Å². The van der Waals surface area contributed by atoms with Gasteiger partial charge in [-0.1, -0.05) is 220 Å². The van der Waals surface area contributed by atoms with Crippen LogP contribution in [0.1, 0.15) is 25.0 Å². The molecule has 11 aromatic rings. The second kappa shape index (κ2) is 17.5. The molecule has 1 aliphatic carbocycles. The van der Waals surface area contributed by atoms with Crippen LogP contribution < -0.4 is 9.80 Å². The third-order valence-corrected chi connectivity index (χ3v) is 14.0. The summed E-state index contributed by atoms with van der Waals surface area (Å²) in [5.74, 6) is 0. The fourth-order valence-corrected chi connectivity index (χ4v) is 10.8. The molecular weight excluding hydrogens is 833 g/mol. The number of para-hydroxylation sites is 3. The van der Waals surface area contributed by atoms with Crippen LogP contribution in [0.15, 0.2) is 267 Å². The summed E-state index contributed by atoms with van der Waals surface area (Å²) in [7, 11) is 0. The SMILES string of the molecule is CC1(C)c2ccccc2-c2ccc(N(c3ccccc3)c3cc(-c4ccccc4-c4ccc5ccccc5c4-c4ccccc4)cc(N(c4ccccc4)c4ccccc4-c4ccccc4)c3)cc21. The quantitative estimate of drug-likeness (QED) is 0.135. The van der Waals surface area contributed by atoms with Gasteiger partial charge in [-0.25, -0.2) is 0 Å². The smallest absolute Gasteiger partial charge is 0.0540 e. The van der Waals surface area contributed by atoms with Crippen molar-refractivity contribution in [2.24, 2.45) is 0 Å². The molecule has 0 heterocycles. The number of hydrogen-bond acceptors (Lipinski definition) is 2. The van der Waals surface area contributed by atoms with Crippen LogP contribution >= 0.6 is 0 Å². The van der Waals surface area contributed by atoms with Crippen LogP contribution in [0, 0.1) is 0 Å². The lowest BCUT2D eigenvalue weighted by molar-refractivity contribution is 0.660. The standard InChI is InChI=1S/C67H50N2/c1-67(2)63-37-21-19-36-60(63)61-42-40-53(46-64(61)67)68(51-28-11-5-12-29-51)54-43-50(44-55(45-54)69(52-30-13-6-14-31-52)65-38-22-20-33-57(65)47-23-7-3-8-24-47)56-32-17-18-35-59(56)62-41-39-48-25-15-16-34-58(48)66(62)49-26-9-4-10-27-49/h3-46H,1-2H3. The van der Waals surface area contributed by atoms with Gasteiger partial charge in [0.1, 0.15) is 0 Å². The normalized spacial score (nSPS) is 12.3. The topological polar surface area (TPSA) is 6.48 Å². The van der Waals surface area contributed by atoms with E-state index in [2.05, 4.69) is 291 Å². The van der Waals surface area contributed by atoms with Gasteiger partial charge in [-0.15, -0.1) is 0 Å². The highest BCUT2D eigenvalue weighted by atomic mass is 15.2. The molecule has 0 N–H and O–H groups in total. The molecule has 0 spiro atoms. The lowest BCUT2D eigenvalue weighted by Crippen LogP contribution is -2.17. The molecule has 0 amide bonds. The maximum Gasteiger partial charge on any atom is 0.0540 e. The van der Waals surface area contributed by atoms with Gasteiger partial charge in [0.05, 0.1) is 5.69 Å². The molecule has 0 saturated heterocycles. The average Bonchev–Trinajstić information content (AvgIpc) is 3.64. The van der Waals surface area contributed by atoms with Crippen LogP contribution in [-0.4, -0.2) is 0 Å². The second-order valence-corrected chi connectivity index (χ2v) is 18.5. The number of rotatable bonds is 10. The Hall–Kier alpha value is -8.72. The molecule has 328 valence electrons. The molecule has 11 aromatic carbocycles. The van der Waals surface area contributed by atoms with E-state index < -0.39 is 0 Å². The first kappa shape index (κ1) is 41.7. The molecule has 0 unspecified atom stereocenters. The molecule has 0 radical (unpaired) electrons. The van der Waals surface area contributed by atoms with E-state index in [1.165, 1.54) is 55.3 Å². The molecule has 0 bridgehead atoms. The number of anilines is 6. The fraction of sp³-hybridized carbons (Fsp3) is 0.0448. The Kier molecular flexibility index (Phi) is 10.6. The van der Waals surface area contributed by atoms with Gasteiger partial charge in [-0.3, -0.25) is 0 Å². The summed E-state index contributed by atoms with van der Waals surface area (Å²) in [4.78, 5) is 4.89. The molecule has 0 saturated carbocycles. The Morgan fingerprint density at radius 3 is 1.49 bits per heavy atom. The summed E-state index contributed by atoms with van der Waals surface area (Å²) in [5.41, 5.74) is 20.9. The molecule has 0 atom stereocenters. The van der Waals surface area contributed by atoms with Gasteiger partial charge in [-0.2, -0.15) is 0 Å². The molecule has 1 aliphatic rings. The Morgan fingerprint density at radius 1 is 0.275 bits per heavy atom. The zero-order valence-electron chi connectivity index (χ0n) is 38.8. The van der Waals surface area contributed by atoms with Gasteiger partial charge in [0.15, 0.2) is 0 Å². The second-order valence-electron chi connectivity index (χ2n) is 18.5. The van der Waals surface area contributed by atoms with E-state index in [-0.39, 0.29) is 5.41 Å². The van der Waals surface area contributed by atoms with Gasteiger partial charge >= 0.3 is 0 Å². The minimum Gasteiger partial charge on any atom is -0.310 e. The largest absolute Gasteiger partial charge is 0.310 e. The number of benzene rings is 11. The van der Waals surface area contributed by atoms with Gasteiger partial charge in [0.2, 0.25) is 0 Å². The van der Waals surface area contributed by atoms with E-state index in [0.29, 0.717) is 0 Å². The van der Waals surface area contributed by atoms with Crippen LogP contribution in [0.3, 0.4) is 0 Å². The molecule has 0 aliphatic heterocycles. The zero-order valence-corrected chi connectivity index (χ0v) is 38.8. The van der Waals surface area contributed by atoms with E-state index in [4.69, 9.17) is 0 Å². The summed E-state index contributed by atoms with van der Waals surface area (Å²) < 4.78 is 0. The van der Waals surface area contributed by atoms with Crippen molar-refractivity contribution >= 4 is 44.9 Å². The van der Waals surface area contributed by atoms with Crippen LogP contribution in [-0.2, 0) is 5.41 Å². The van der Waals surface area contributed by atoms with Crippen molar-refractivity contribution in [2.45, 2.75) is 19.3 Å². The van der Waals surface area contributed by atoms with Crippen molar-refractivity contribution < 1.29 is 0 Å². The third kappa shape index (κ3) is 7.48. The van der Waals surface area contributed by atoms with Gasteiger partial charge < -0.3 is 9.80 Å². The maximum atomic E-state index is 2.45. The van der Waals surface area contributed by atoms with Crippen molar-refractivity contribution in [3.05, 3.63) is 278 Å². The van der Waals surface area contributed by atoms with Crippen LogP contribution in [0.5, 0.6) is 0 Å². The zero-order chi connectivity index (χ0) is 46.3. The van der Waals surface area contributed by atoms with Crippen molar-refractivity contribution in [3.63, 3.8) is 0 Å². The Balaban J connectivity index is 1.14. The first-order chi connectivity index (χ1) is 34.0. The van der Waals surface area contributed by atoms with Gasteiger partial charge in [0, 0.05) is 39.4 Å². The lowest BCUT2D eigenvalue weighted by Gasteiger charge is -2.32. The van der Waals surface area contributed by atoms with E-state index in [0.717, 1.165) is 56.4 Å². The van der Waals surface area contributed by atoms with E-state index in [1.807, 2.05) is 0 Å². The molecular formula is C67H50N2. The summed E-state index contributed by atoms with van der Waals surface area (Å²) in [6, 6.07) is 97.6. The first-order valence-electron chi connectivity index (χ1n) is 23.9.